The van der Waals surface area contributed by atoms with Crippen molar-refractivity contribution in [1.82, 2.24) is 0 Å². The van der Waals surface area contributed by atoms with E-state index in [0.717, 1.165) is 35.2 Å². The van der Waals surface area contributed by atoms with Gasteiger partial charge >= 0.3 is 0 Å². The van der Waals surface area contributed by atoms with Gasteiger partial charge in [0.15, 0.2) is 0 Å². The highest BCUT2D eigenvalue weighted by Gasteiger charge is 2.18. The Morgan fingerprint density at radius 1 is 1.56 bits per heavy atom. The molecule has 2 unspecified atom stereocenters. The molecule has 4 heteroatoms. The normalized spacial score (nSPS) is 20.9. The van der Waals surface area contributed by atoms with Crippen LogP contribution in [0.3, 0.4) is 0 Å². The minimum absolute atomic E-state index is 0.0383. The van der Waals surface area contributed by atoms with Crippen LogP contribution in [0, 0.1) is 0 Å². The Morgan fingerprint density at radius 2 is 2.39 bits per heavy atom. The molecule has 0 amide bonds. The molecule has 100 valence electrons. The average Bonchev–Trinajstić information content (AvgIpc) is 2.89. The van der Waals surface area contributed by atoms with Crippen LogP contribution in [-0.4, -0.2) is 19.8 Å². The van der Waals surface area contributed by atoms with Gasteiger partial charge in [0.25, 0.3) is 0 Å². The second-order valence-electron chi connectivity index (χ2n) is 4.57. The summed E-state index contributed by atoms with van der Waals surface area (Å²) in [5.41, 5.74) is 1.13. The number of rotatable bonds is 5. The molecular weight excluding hydrogens is 316 g/mol. The molecule has 2 rings (SSSR count). The number of halogens is 2. The lowest BCUT2D eigenvalue weighted by molar-refractivity contribution is 0.102. The summed E-state index contributed by atoms with van der Waals surface area (Å²) in [7, 11) is 1.66. The SMILES string of the molecule is COc1ccc(C(Cl)CCC2CCCO2)cc1Br. The van der Waals surface area contributed by atoms with Crippen LogP contribution in [0.25, 0.3) is 0 Å². The molecule has 2 nitrogen and oxygen atoms in total. The second kappa shape index (κ2) is 6.78. The van der Waals surface area contributed by atoms with Gasteiger partial charge in [0.1, 0.15) is 5.75 Å². The topological polar surface area (TPSA) is 18.5 Å². The third-order valence-corrected chi connectivity index (χ3v) is 4.39. The highest BCUT2D eigenvalue weighted by Crippen LogP contribution is 2.33. The van der Waals surface area contributed by atoms with Crippen LogP contribution in [0.1, 0.15) is 36.6 Å². The van der Waals surface area contributed by atoms with Crippen molar-refractivity contribution in [3.63, 3.8) is 0 Å². The molecular formula is C14H18BrClO2. The lowest BCUT2D eigenvalue weighted by Crippen LogP contribution is -2.06. The van der Waals surface area contributed by atoms with Gasteiger partial charge in [-0.3, -0.25) is 0 Å². The van der Waals surface area contributed by atoms with Crippen molar-refractivity contribution in [2.75, 3.05) is 13.7 Å². The van der Waals surface area contributed by atoms with E-state index in [4.69, 9.17) is 21.1 Å². The van der Waals surface area contributed by atoms with E-state index in [1.165, 1.54) is 12.8 Å². The molecule has 0 saturated carbocycles. The molecule has 0 aliphatic carbocycles. The summed E-state index contributed by atoms with van der Waals surface area (Å²) in [5.74, 6) is 0.835. The fourth-order valence-corrected chi connectivity index (χ4v) is 3.07. The number of hydrogen-bond acceptors (Lipinski definition) is 2. The molecule has 1 aliphatic heterocycles. The highest BCUT2D eigenvalue weighted by atomic mass is 79.9. The minimum atomic E-state index is 0.0383. The molecule has 1 heterocycles. The molecule has 0 spiro atoms. The largest absolute Gasteiger partial charge is 0.496 e. The van der Waals surface area contributed by atoms with Crippen molar-refractivity contribution in [2.24, 2.45) is 0 Å². The van der Waals surface area contributed by atoms with E-state index in [1.54, 1.807) is 7.11 Å². The van der Waals surface area contributed by atoms with Crippen molar-refractivity contribution in [2.45, 2.75) is 37.2 Å². The second-order valence-corrected chi connectivity index (χ2v) is 5.96. The average molecular weight is 334 g/mol. The van der Waals surface area contributed by atoms with Gasteiger partial charge in [0.2, 0.25) is 0 Å². The van der Waals surface area contributed by atoms with E-state index in [9.17, 15) is 0 Å². The van der Waals surface area contributed by atoms with Crippen LogP contribution < -0.4 is 4.74 Å². The zero-order valence-corrected chi connectivity index (χ0v) is 12.8. The molecule has 0 bridgehead atoms. The Bertz CT molecular complexity index is 391. The van der Waals surface area contributed by atoms with Gasteiger partial charge in [-0.2, -0.15) is 0 Å². The number of alkyl halides is 1. The molecule has 2 atom stereocenters. The van der Waals surface area contributed by atoms with Crippen LogP contribution >= 0.6 is 27.5 Å². The summed E-state index contributed by atoms with van der Waals surface area (Å²) in [6.07, 6.45) is 4.76. The number of ether oxygens (including phenoxy) is 2. The first kappa shape index (κ1) is 14.2. The summed E-state index contributed by atoms with van der Waals surface area (Å²) in [5, 5.41) is 0.0383. The van der Waals surface area contributed by atoms with Gasteiger partial charge in [-0.05, 0) is 59.3 Å². The Labute approximate surface area is 122 Å². The Hall–Kier alpha value is -0.250. The first-order chi connectivity index (χ1) is 8.70. The fourth-order valence-electron chi connectivity index (χ4n) is 2.25. The van der Waals surface area contributed by atoms with Crippen LogP contribution in [0.5, 0.6) is 5.75 Å². The van der Waals surface area contributed by atoms with Crippen LogP contribution in [0.15, 0.2) is 22.7 Å². The fraction of sp³-hybridized carbons (Fsp3) is 0.571. The van der Waals surface area contributed by atoms with Gasteiger partial charge in [-0.15, -0.1) is 11.6 Å². The first-order valence-electron chi connectivity index (χ1n) is 6.30. The number of hydrogen-bond donors (Lipinski definition) is 0. The summed E-state index contributed by atoms with van der Waals surface area (Å²) in [4.78, 5) is 0. The summed E-state index contributed by atoms with van der Waals surface area (Å²) < 4.78 is 11.8. The molecule has 1 aromatic rings. The minimum Gasteiger partial charge on any atom is -0.496 e. The summed E-state index contributed by atoms with van der Waals surface area (Å²) in [6.45, 7) is 0.908. The van der Waals surface area contributed by atoms with E-state index in [-0.39, 0.29) is 5.38 Å². The van der Waals surface area contributed by atoms with Gasteiger partial charge < -0.3 is 9.47 Å². The van der Waals surface area contributed by atoms with E-state index in [0.29, 0.717) is 6.10 Å². The Balaban J connectivity index is 1.91. The molecule has 0 aromatic heterocycles. The third kappa shape index (κ3) is 3.62. The predicted molar refractivity (Wildman–Crippen MR) is 77.5 cm³/mol. The summed E-state index contributed by atoms with van der Waals surface area (Å²) in [6, 6.07) is 6.00. The van der Waals surface area contributed by atoms with Crippen molar-refractivity contribution < 1.29 is 9.47 Å². The first-order valence-corrected chi connectivity index (χ1v) is 7.52. The van der Waals surface area contributed by atoms with E-state index < -0.39 is 0 Å². The third-order valence-electron chi connectivity index (χ3n) is 3.30. The van der Waals surface area contributed by atoms with Crippen LogP contribution in [0.4, 0.5) is 0 Å². The van der Waals surface area contributed by atoms with Gasteiger partial charge in [-0.25, -0.2) is 0 Å². The Kier molecular flexibility index (Phi) is 5.34. The van der Waals surface area contributed by atoms with E-state index in [2.05, 4.69) is 15.9 Å². The van der Waals surface area contributed by atoms with Gasteiger partial charge in [0, 0.05) is 6.61 Å². The maximum Gasteiger partial charge on any atom is 0.133 e. The van der Waals surface area contributed by atoms with E-state index in [1.807, 2.05) is 18.2 Å². The molecule has 1 aromatic carbocycles. The highest BCUT2D eigenvalue weighted by molar-refractivity contribution is 9.10. The van der Waals surface area contributed by atoms with Gasteiger partial charge in [-0.1, -0.05) is 6.07 Å². The molecule has 0 radical (unpaired) electrons. The maximum atomic E-state index is 6.43. The summed E-state index contributed by atoms with van der Waals surface area (Å²) >= 11 is 9.92. The monoisotopic (exact) mass is 332 g/mol. The molecule has 1 saturated heterocycles. The standard InChI is InChI=1S/C14H18BrClO2/c1-17-14-7-4-10(9-12(14)15)13(16)6-5-11-3-2-8-18-11/h4,7,9,11,13H,2-3,5-6,8H2,1H3. The quantitative estimate of drug-likeness (QED) is 0.727. The van der Waals surface area contributed by atoms with Crippen molar-refractivity contribution in [3.05, 3.63) is 28.2 Å². The zero-order valence-electron chi connectivity index (χ0n) is 10.5. The number of methoxy groups -OCH3 is 1. The maximum absolute atomic E-state index is 6.43. The lowest BCUT2D eigenvalue weighted by Gasteiger charge is -2.14. The van der Waals surface area contributed by atoms with Crippen molar-refractivity contribution >= 4 is 27.5 Å². The van der Waals surface area contributed by atoms with Crippen molar-refractivity contribution in [3.8, 4) is 5.75 Å². The number of benzene rings is 1. The zero-order chi connectivity index (χ0) is 13.0. The van der Waals surface area contributed by atoms with E-state index >= 15 is 0 Å². The molecule has 1 fully saturated rings. The van der Waals surface area contributed by atoms with Crippen molar-refractivity contribution in [1.29, 1.82) is 0 Å². The molecule has 0 N–H and O–H groups in total. The lowest BCUT2D eigenvalue weighted by atomic mass is 10.0. The Morgan fingerprint density at radius 3 is 3.00 bits per heavy atom. The molecule has 18 heavy (non-hydrogen) atoms. The molecule has 1 aliphatic rings. The predicted octanol–water partition coefficient (Wildman–Crippen LogP) is 4.70. The van der Waals surface area contributed by atoms with Crippen LogP contribution in [0.2, 0.25) is 0 Å². The van der Waals surface area contributed by atoms with Crippen LogP contribution in [-0.2, 0) is 4.74 Å². The smallest absolute Gasteiger partial charge is 0.133 e. The van der Waals surface area contributed by atoms with Gasteiger partial charge in [0.05, 0.1) is 23.1 Å².